The van der Waals surface area contributed by atoms with E-state index in [1.807, 2.05) is 75.4 Å². The highest BCUT2D eigenvalue weighted by atomic mass is 16.5. The molecule has 1 amide bonds. The van der Waals surface area contributed by atoms with Crippen molar-refractivity contribution in [3.63, 3.8) is 0 Å². The molecule has 2 aromatic rings. The summed E-state index contributed by atoms with van der Waals surface area (Å²) in [5, 5.41) is 6.48. The quantitative estimate of drug-likeness (QED) is 0.508. The number of carbonyl (C=O) groups is 1. The Morgan fingerprint density at radius 3 is 2.23 bits per heavy atom. The minimum Gasteiger partial charge on any atom is -0.489 e. The number of rotatable bonds is 11. The molecule has 0 fully saturated rings. The van der Waals surface area contributed by atoms with Crippen LogP contribution in [0.1, 0.15) is 52.2 Å². The topological polar surface area (TPSA) is 76.4 Å². The first-order chi connectivity index (χ1) is 14.6. The van der Waals surface area contributed by atoms with Crippen LogP contribution in [0.25, 0.3) is 0 Å². The predicted octanol–water partition coefficient (Wildman–Crippen LogP) is 4.05. The van der Waals surface area contributed by atoms with Crippen LogP contribution < -0.4 is 21.1 Å². The number of benzene rings is 2. The molecule has 170 valence electrons. The highest BCUT2D eigenvalue weighted by Crippen LogP contribution is 2.16. The fourth-order valence-corrected chi connectivity index (χ4v) is 3.40. The van der Waals surface area contributed by atoms with Crippen molar-refractivity contribution in [1.82, 2.24) is 10.6 Å². The normalized spacial score (nSPS) is 13.6. The summed E-state index contributed by atoms with van der Waals surface area (Å²) in [6.45, 7) is 11.4. The molecule has 5 heteroatoms. The summed E-state index contributed by atoms with van der Waals surface area (Å²) in [6, 6.07) is 17.7. The Morgan fingerprint density at radius 2 is 1.65 bits per heavy atom. The third-order valence-electron chi connectivity index (χ3n) is 4.83. The molecule has 31 heavy (non-hydrogen) atoms. The van der Waals surface area contributed by atoms with E-state index in [1.165, 1.54) is 0 Å². The first kappa shape index (κ1) is 24.9. The molecule has 2 rings (SSSR count). The molecule has 5 nitrogen and oxygen atoms in total. The molecule has 4 N–H and O–H groups in total. The molecule has 0 radical (unpaired) electrons. The minimum absolute atomic E-state index is 0.00588. The molecule has 0 aromatic heterocycles. The van der Waals surface area contributed by atoms with Gasteiger partial charge in [0, 0.05) is 18.1 Å². The smallest absolute Gasteiger partial charge is 0.237 e. The van der Waals surface area contributed by atoms with E-state index in [2.05, 4.69) is 24.5 Å². The van der Waals surface area contributed by atoms with Gasteiger partial charge in [0.25, 0.3) is 0 Å². The van der Waals surface area contributed by atoms with Gasteiger partial charge in [-0.3, -0.25) is 4.79 Å². The molecule has 0 heterocycles. The van der Waals surface area contributed by atoms with Gasteiger partial charge in [0.05, 0.1) is 6.04 Å². The van der Waals surface area contributed by atoms with E-state index in [1.54, 1.807) is 0 Å². The summed E-state index contributed by atoms with van der Waals surface area (Å²) >= 11 is 0. The summed E-state index contributed by atoms with van der Waals surface area (Å²) in [5.41, 5.74) is 8.16. The van der Waals surface area contributed by atoms with Gasteiger partial charge in [-0.1, -0.05) is 56.3 Å². The molecule has 0 unspecified atom stereocenters. The number of nitrogens with two attached hydrogens (primary N) is 1. The molecule has 2 aromatic carbocycles. The summed E-state index contributed by atoms with van der Waals surface area (Å²) in [4.78, 5) is 12.9. The van der Waals surface area contributed by atoms with Crippen LogP contribution in [0.4, 0.5) is 0 Å². The maximum Gasteiger partial charge on any atom is 0.237 e. The van der Waals surface area contributed by atoms with Gasteiger partial charge in [-0.25, -0.2) is 0 Å². The molecule has 0 aliphatic rings. The van der Waals surface area contributed by atoms with E-state index in [4.69, 9.17) is 10.5 Å². The van der Waals surface area contributed by atoms with Crippen molar-refractivity contribution in [2.24, 2.45) is 11.7 Å². The van der Waals surface area contributed by atoms with Crippen molar-refractivity contribution in [3.8, 4) is 5.75 Å². The number of hydrogen-bond acceptors (Lipinski definition) is 4. The molecular formula is C26H39N3O2. The monoisotopic (exact) mass is 425 g/mol. The number of amides is 1. The van der Waals surface area contributed by atoms with Crippen molar-refractivity contribution < 1.29 is 9.53 Å². The largest absolute Gasteiger partial charge is 0.489 e. The van der Waals surface area contributed by atoms with E-state index in [-0.39, 0.29) is 23.5 Å². The second-order valence-corrected chi connectivity index (χ2v) is 9.71. The Balaban J connectivity index is 1.98. The number of ether oxygens (including phenoxy) is 1. The standard InChI is InChI=1S/C26H39N3O2/c1-19(2)15-22(27)17-28-24(25(30)29-26(3,4)5)16-20-11-13-23(14-12-20)31-18-21-9-7-6-8-10-21/h6-14,19,22,24,28H,15-18,27H2,1-5H3,(H,29,30)/t22-,24-/m0/s1. The fraction of sp³-hybridized carbons (Fsp3) is 0.500. The summed E-state index contributed by atoms with van der Waals surface area (Å²) in [5.74, 6) is 1.34. The lowest BCUT2D eigenvalue weighted by molar-refractivity contribution is -0.124. The van der Waals surface area contributed by atoms with Gasteiger partial charge in [0.1, 0.15) is 12.4 Å². The maximum absolute atomic E-state index is 12.9. The zero-order valence-corrected chi connectivity index (χ0v) is 19.7. The van der Waals surface area contributed by atoms with Crippen LogP contribution in [0, 0.1) is 5.92 Å². The van der Waals surface area contributed by atoms with Crippen molar-refractivity contribution in [3.05, 3.63) is 65.7 Å². The lowest BCUT2D eigenvalue weighted by Crippen LogP contribution is -2.53. The lowest BCUT2D eigenvalue weighted by atomic mass is 10.0. The third kappa shape index (κ3) is 9.99. The van der Waals surface area contributed by atoms with Gasteiger partial charge in [0.2, 0.25) is 5.91 Å². The minimum atomic E-state index is -0.339. The Morgan fingerprint density at radius 1 is 1.00 bits per heavy atom. The van der Waals surface area contributed by atoms with Crippen LogP contribution in [0.15, 0.2) is 54.6 Å². The first-order valence-corrected chi connectivity index (χ1v) is 11.2. The van der Waals surface area contributed by atoms with Crippen LogP contribution in [0.3, 0.4) is 0 Å². The van der Waals surface area contributed by atoms with Crippen molar-refractivity contribution in [2.75, 3.05) is 6.54 Å². The Labute approximate surface area is 187 Å². The van der Waals surface area contributed by atoms with Crippen LogP contribution in [-0.4, -0.2) is 30.1 Å². The van der Waals surface area contributed by atoms with Crippen LogP contribution in [0.2, 0.25) is 0 Å². The number of hydrogen-bond donors (Lipinski definition) is 3. The van der Waals surface area contributed by atoms with Gasteiger partial charge in [0.15, 0.2) is 0 Å². The van der Waals surface area contributed by atoms with Gasteiger partial charge >= 0.3 is 0 Å². The second kappa shape index (κ2) is 11.9. The fourth-order valence-electron chi connectivity index (χ4n) is 3.40. The molecule has 0 spiro atoms. The Bertz CT molecular complexity index is 783. The third-order valence-corrected chi connectivity index (χ3v) is 4.83. The zero-order valence-electron chi connectivity index (χ0n) is 19.7. The lowest BCUT2D eigenvalue weighted by Gasteiger charge is -2.27. The second-order valence-electron chi connectivity index (χ2n) is 9.71. The van der Waals surface area contributed by atoms with E-state index in [0.29, 0.717) is 25.5 Å². The molecule has 0 aliphatic heterocycles. The number of nitrogens with one attached hydrogen (secondary N) is 2. The van der Waals surface area contributed by atoms with Crippen molar-refractivity contribution in [1.29, 1.82) is 0 Å². The molecule has 0 bridgehead atoms. The maximum atomic E-state index is 12.9. The molecule has 0 aliphatic carbocycles. The molecule has 2 atom stereocenters. The van der Waals surface area contributed by atoms with Gasteiger partial charge in [-0.2, -0.15) is 0 Å². The van der Waals surface area contributed by atoms with E-state index >= 15 is 0 Å². The summed E-state index contributed by atoms with van der Waals surface area (Å²) < 4.78 is 5.87. The van der Waals surface area contributed by atoms with E-state index < -0.39 is 0 Å². The van der Waals surface area contributed by atoms with Crippen molar-refractivity contribution in [2.45, 2.75) is 71.7 Å². The zero-order chi connectivity index (χ0) is 22.9. The van der Waals surface area contributed by atoms with Crippen molar-refractivity contribution >= 4 is 5.91 Å². The van der Waals surface area contributed by atoms with Gasteiger partial charge in [-0.15, -0.1) is 0 Å². The summed E-state index contributed by atoms with van der Waals surface area (Å²) in [6.07, 6.45) is 1.52. The molecule has 0 saturated heterocycles. The summed E-state index contributed by atoms with van der Waals surface area (Å²) in [7, 11) is 0. The van der Waals surface area contributed by atoms with Crippen LogP contribution in [0.5, 0.6) is 5.75 Å². The molecular weight excluding hydrogens is 386 g/mol. The average molecular weight is 426 g/mol. The van der Waals surface area contributed by atoms with Gasteiger partial charge in [-0.05, 0) is 62.8 Å². The van der Waals surface area contributed by atoms with Crippen LogP contribution in [-0.2, 0) is 17.8 Å². The first-order valence-electron chi connectivity index (χ1n) is 11.2. The Kier molecular flexibility index (Phi) is 9.53. The van der Waals surface area contributed by atoms with E-state index in [9.17, 15) is 4.79 Å². The van der Waals surface area contributed by atoms with Crippen LogP contribution >= 0.6 is 0 Å². The average Bonchev–Trinajstić information content (AvgIpc) is 2.69. The van der Waals surface area contributed by atoms with Gasteiger partial charge < -0.3 is 21.1 Å². The van der Waals surface area contributed by atoms with E-state index in [0.717, 1.165) is 23.3 Å². The SMILES string of the molecule is CC(C)C[C@H](N)CN[C@@H](Cc1ccc(OCc2ccccc2)cc1)C(=O)NC(C)(C)C. The number of carbonyl (C=O) groups excluding carboxylic acids is 1. The molecule has 0 saturated carbocycles. The predicted molar refractivity (Wildman–Crippen MR) is 128 cm³/mol. The Hall–Kier alpha value is -2.37. The highest BCUT2D eigenvalue weighted by molar-refractivity contribution is 5.82. The highest BCUT2D eigenvalue weighted by Gasteiger charge is 2.23.